The van der Waals surface area contributed by atoms with Gasteiger partial charge in [-0.25, -0.2) is 0 Å². The Morgan fingerprint density at radius 3 is 2.38 bits per heavy atom. The van der Waals surface area contributed by atoms with Crippen LogP contribution < -0.4 is 15.0 Å². The first-order valence-corrected chi connectivity index (χ1v) is 7.79. The lowest BCUT2D eigenvalue weighted by Gasteiger charge is -2.17. The van der Waals surface area contributed by atoms with Gasteiger partial charge in [-0.3, -0.25) is 4.79 Å². The second-order valence-electron chi connectivity index (χ2n) is 5.39. The molecule has 0 aliphatic carbocycles. The number of amides is 1. The van der Waals surface area contributed by atoms with Crippen molar-refractivity contribution < 1.29 is 23.2 Å². The zero-order valence-electron chi connectivity index (χ0n) is 13.5. The molecule has 1 atom stereocenters. The Labute approximate surface area is 140 Å². The second-order valence-corrected chi connectivity index (χ2v) is 5.39. The molecule has 0 saturated carbocycles. The van der Waals surface area contributed by atoms with E-state index in [1.54, 1.807) is 12.1 Å². The molecule has 1 unspecified atom stereocenters. The maximum atomic E-state index is 12.2. The van der Waals surface area contributed by atoms with Gasteiger partial charge in [-0.15, -0.1) is 0 Å². The fourth-order valence-corrected chi connectivity index (χ4v) is 2.35. The number of quaternary nitrogens is 1. The quantitative estimate of drug-likeness (QED) is 0.778. The molecule has 128 valence electrons. The summed E-state index contributed by atoms with van der Waals surface area (Å²) in [6.45, 7) is 1.10. The van der Waals surface area contributed by atoms with Crippen molar-refractivity contribution in [2.45, 2.75) is 20.1 Å². The van der Waals surface area contributed by atoms with Gasteiger partial charge in [0, 0.05) is 11.3 Å². The number of hydrogen-bond donors (Lipinski definition) is 2. The molecule has 0 saturated heterocycles. The molecule has 4 nitrogen and oxygen atoms in total. The molecule has 2 rings (SSSR count). The number of likely N-dealkylation sites (N-methyl/N-ethyl adjacent to an activating group) is 1. The molecule has 0 spiro atoms. The molecule has 0 radical (unpaired) electrons. The molecule has 0 fully saturated rings. The Bertz CT molecular complexity index is 633. The fraction of sp³-hybridized carbons (Fsp3) is 0.278. The van der Waals surface area contributed by atoms with E-state index < -0.39 is 6.61 Å². The molecule has 0 heterocycles. The third-order valence-electron chi connectivity index (χ3n) is 3.57. The Morgan fingerprint density at radius 2 is 1.79 bits per heavy atom. The van der Waals surface area contributed by atoms with Gasteiger partial charge in [0.1, 0.15) is 12.3 Å². The molecule has 0 aromatic heterocycles. The van der Waals surface area contributed by atoms with Crippen molar-refractivity contribution in [3.05, 3.63) is 60.2 Å². The topological polar surface area (TPSA) is 42.8 Å². The van der Waals surface area contributed by atoms with E-state index in [2.05, 4.69) is 10.1 Å². The van der Waals surface area contributed by atoms with Crippen LogP contribution in [0.1, 0.15) is 12.5 Å². The normalized spacial score (nSPS) is 12.0. The number of rotatable bonds is 8. The number of nitrogens with one attached hydrogen (secondary N) is 2. The van der Waals surface area contributed by atoms with Crippen LogP contribution in [-0.2, 0) is 11.3 Å². The van der Waals surface area contributed by atoms with Gasteiger partial charge in [-0.2, -0.15) is 8.78 Å². The summed E-state index contributed by atoms with van der Waals surface area (Å²) in [7, 11) is 0. The lowest BCUT2D eigenvalue weighted by atomic mass is 10.2. The van der Waals surface area contributed by atoms with Crippen LogP contribution in [0.4, 0.5) is 14.5 Å². The number of alkyl halides is 2. The van der Waals surface area contributed by atoms with E-state index in [-0.39, 0.29) is 11.7 Å². The average molecular weight is 335 g/mol. The Hall–Kier alpha value is -2.47. The van der Waals surface area contributed by atoms with Crippen molar-refractivity contribution in [1.29, 1.82) is 0 Å². The molecule has 0 aliphatic heterocycles. The van der Waals surface area contributed by atoms with Gasteiger partial charge in [0.15, 0.2) is 6.54 Å². The number of ether oxygens (including phenoxy) is 1. The summed E-state index contributed by atoms with van der Waals surface area (Å²) in [6, 6.07) is 15.9. The second kappa shape index (κ2) is 8.98. The van der Waals surface area contributed by atoms with Gasteiger partial charge in [-0.05, 0) is 31.2 Å². The monoisotopic (exact) mass is 335 g/mol. The molecule has 2 aromatic rings. The minimum Gasteiger partial charge on any atom is -0.435 e. The van der Waals surface area contributed by atoms with Crippen molar-refractivity contribution in [1.82, 2.24) is 0 Å². The number of carbonyl (C=O) groups is 1. The van der Waals surface area contributed by atoms with Crippen LogP contribution in [-0.4, -0.2) is 25.6 Å². The maximum absolute atomic E-state index is 12.2. The van der Waals surface area contributed by atoms with Gasteiger partial charge in [0.25, 0.3) is 5.91 Å². The molecule has 0 aliphatic rings. The standard InChI is InChI=1S/C18H20F2N2O2/c1-2-22(12-14-6-4-3-5-7-14)13-17(23)21-15-8-10-16(11-9-15)24-18(19)20/h3-11,18H,2,12-13H2,1H3,(H,21,23)/p+1. The Kier molecular flexibility index (Phi) is 6.69. The van der Waals surface area contributed by atoms with Crippen LogP contribution in [0.15, 0.2) is 54.6 Å². The van der Waals surface area contributed by atoms with E-state index in [4.69, 9.17) is 0 Å². The Morgan fingerprint density at radius 1 is 1.12 bits per heavy atom. The van der Waals surface area contributed by atoms with Gasteiger partial charge < -0.3 is 15.0 Å². The third-order valence-corrected chi connectivity index (χ3v) is 3.57. The summed E-state index contributed by atoms with van der Waals surface area (Å²) in [5.41, 5.74) is 1.73. The summed E-state index contributed by atoms with van der Waals surface area (Å²) in [6.07, 6.45) is 0. The first-order valence-electron chi connectivity index (χ1n) is 7.79. The van der Waals surface area contributed by atoms with Crippen molar-refractivity contribution in [3.8, 4) is 5.75 Å². The average Bonchev–Trinajstić information content (AvgIpc) is 2.56. The highest BCUT2D eigenvalue weighted by Gasteiger charge is 2.13. The summed E-state index contributed by atoms with van der Waals surface area (Å²) < 4.78 is 28.5. The van der Waals surface area contributed by atoms with E-state index >= 15 is 0 Å². The van der Waals surface area contributed by atoms with Crippen LogP contribution in [0.2, 0.25) is 0 Å². The van der Waals surface area contributed by atoms with Crippen molar-refractivity contribution in [3.63, 3.8) is 0 Å². The highest BCUT2D eigenvalue weighted by molar-refractivity contribution is 5.91. The zero-order valence-corrected chi connectivity index (χ0v) is 13.5. The van der Waals surface area contributed by atoms with Crippen LogP contribution in [0, 0.1) is 0 Å². The van der Waals surface area contributed by atoms with Gasteiger partial charge in [0.2, 0.25) is 0 Å². The number of anilines is 1. The summed E-state index contributed by atoms with van der Waals surface area (Å²) in [5, 5.41) is 2.77. The highest BCUT2D eigenvalue weighted by atomic mass is 19.3. The summed E-state index contributed by atoms with van der Waals surface area (Å²) in [5.74, 6) is -0.0572. The van der Waals surface area contributed by atoms with Crippen LogP contribution in [0.5, 0.6) is 5.75 Å². The first-order chi connectivity index (χ1) is 11.6. The molecule has 6 heteroatoms. The van der Waals surface area contributed by atoms with Crippen LogP contribution >= 0.6 is 0 Å². The van der Waals surface area contributed by atoms with Crippen LogP contribution in [0.25, 0.3) is 0 Å². The van der Waals surface area contributed by atoms with E-state index in [9.17, 15) is 13.6 Å². The highest BCUT2D eigenvalue weighted by Crippen LogP contribution is 2.17. The molecular weight excluding hydrogens is 314 g/mol. The lowest BCUT2D eigenvalue weighted by molar-refractivity contribution is -0.903. The van der Waals surface area contributed by atoms with Crippen molar-refractivity contribution >= 4 is 11.6 Å². The minimum atomic E-state index is -2.86. The molecule has 2 N–H and O–H groups in total. The summed E-state index contributed by atoms with van der Waals surface area (Å²) >= 11 is 0. The molecule has 2 aromatic carbocycles. The smallest absolute Gasteiger partial charge is 0.387 e. The largest absolute Gasteiger partial charge is 0.435 e. The van der Waals surface area contributed by atoms with Crippen molar-refractivity contribution in [2.75, 3.05) is 18.4 Å². The van der Waals surface area contributed by atoms with Gasteiger partial charge >= 0.3 is 6.61 Å². The number of carbonyl (C=O) groups excluding carboxylic acids is 1. The number of hydrogen-bond acceptors (Lipinski definition) is 2. The number of benzene rings is 2. The summed E-state index contributed by atoms with van der Waals surface area (Å²) in [4.78, 5) is 13.3. The minimum absolute atomic E-state index is 0.0629. The Balaban J connectivity index is 1.87. The SMILES string of the molecule is CC[NH+](CC(=O)Nc1ccc(OC(F)F)cc1)Cc1ccccc1. The zero-order chi connectivity index (χ0) is 17.4. The molecule has 1 amide bonds. The van der Waals surface area contributed by atoms with Gasteiger partial charge in [-0.1, -0.05) is 30.3 Å². The fourth-order valence-electron chi connectivity index (χ4n) is 2.35. The predicted molar refractivity (Wildman–Crippen MR) is 88.2 cm³/mol. The van der Waals surface area contributed by atoms with E-state index in [1.807, 2.05) is 37.3 Å². The van der Waals surface area contributed by atoms with E-state index in [0.29, 0.717) is 12.2 Å². The van der Waals surface area contributed by atoms with E-state index in [1.165, 1.54) is 17.7 Å². The first kappa shape index (κ1) is 17.9. The predicted octanol–water partition coefficient (Wildman–Crippen LogP) is 2.33. The lowest BCUT2D eigenvalue weighted by Crippen LogP contribution is -3.11. The number of halogens is 2. The maximum Gasteiger partial charge on any atom is 0.387 e. The van der Waals surface area contributed by atoms with Crippen LogP contribution in [0.3, 0.4) is 0 Å². The van der Waals surface area contributed by atoms with Gasteiger partial charge in [0.05, 0.1) is 6.54 Å². The third kappa shape index (κ3) is 5.96. The van der Waals surface area contributed by atoms with Crippen molar-refractivity contribution in [2.24, 2.45) is 0 Å². The van der Waals surface area contributed by atoms with E-state index in [0.717, 1.165) is 18.0 Å². The molecule has 0 bridgehead atoms. The molecular formula is C18H21F2N2O2+. The molecule has 24 heavy (non-hydrogen) atoms.